The van der Waals surface area contributed by atoms with Crippen molar-refractivity contribution in [1.29, 1.82) is 0 Å². The maximum Gasteiger partial charge on any atom is 0.122 e. The van der Waals surface area contributed by atoms with E-state index in [0.29, 0.717) is 0 Å². The van der Waals surface area contributed by atoms with E-state index in [1.807, 2.05) is 19.2 Å². The molecule has 1 rings (SSSR count). The quantitative estimate of drug-likeness (QED) is 0.695. The zero-order valence-corrected chi connectivity index (χ0v) is 9.62. The summed E-state index contributed by atoms with van der Waals surface area (Å²) in [5, 5.41) is 3.10. The third-order valence-electron chi connectivity index (χ3n) is 2.40. The fourth-order valence-electron chi connectivity index (χ4n) is 1.55. The number of furan rings is 1. The summed E-state index contributed by atoms with van der Waals surface area (Å²) in [5.41, 5.74) is 1.26. The van der Waals surface area contributed by atoms with Crippen molar-refractivity contribution >= 4 is 0 Å². The molecular weight excluding hydrogens is 188 g/mol. The van der Waals surface area contributed by atoms with Gasteiger partial charge in [-0.1, -0.05) is 13.0 Å². The Kier molecular flexibility index (Phi) is 5.15. The van der Waals surface area contributed by atoms with Crippen LogP contribution in [0.3, 0.4) is 0 Å². The van der Waals surface area contributed by atoms with E-state index in [2.05, 4.69) is 23.7 Å². The van der Waals surface area contributed by atoms with Crippen LogP contribution in [0.1, 0.15) is 18.2 Å². The van der Waals surface area contributed by atoms with E-state index >= 15 is 0 Å². The maximum atomic E-state index is 5.41. The second-order valence-corrected chi connectivity index (χ2v) is 3.52. The van der Waals surface area contributed by atoms with Gasteiger partial charge in [-0.2, -0.15) is 0 Å². The van der Waals surface area contributed by atoms with Crippen molar-refractivity contribution in [2.24, 2.45) is 0 Å². The number of rotatable bonds is 7. The van der Waals surface area contributed by atoms with Gasteiger partial charge in [0, 0.05) is 18.7 Å². The molecule has 0 aliphatic heterocycles. The van der Waals surface area contributed by atoms with Crippen molar-refractivity contribution in [3.63, 3.8) is 0 Å². The molecule has 0 bridgehead atoms. The molecule has 1 N–H and O–H groups in total. The van der Waals surface area contributed by atoms with Gasteiger partial charge in [0.1, 0.15) is 5.76 Å². The predicted molar refractivity (Wildman–Crippen MR) is 62.6 cm³/mol. The lowest BCUT2D eigenvalue weighted by molar-refractivity contribution is 0.307. The van der Waals surface area contributed by atoms with Crippen LogP contribution < -0.4 is 5.32 Å². The zero-order valence-electron chi connectivity index (χ0n) is 9.62. The Labute approximate surface area is 91.8 Å². The summed E-state index contributed by atoms with van der Waals surface area (Å²) in [4.78, 5) is 2.32. The number of nitrogens with zero attached hydrogens (tertiary/aromatic N) is 1. The molecule has 15 heavy (non-hydrogen) atoms. The van der Waals surface area contributed by atoms with Gasteiger partial charge < -0.3 is 9.73 Å². The first-order chi connectivity index (χ1) is 7.31. The van der Waals surface area contributed by atoms with Crippen molar-refractivity contribution in [3.8, 4) is 0 Å². The summed E-state index contributed by atoms with van der Waals surface area (Å²) in [6.45, 7) is 9.57. The highest BCUT2D eigenvalue weighted by Crippen LogP contribution is 2.12. The highest BCUT2D eigenvalue weighted by atomic mass is 16.3. The SMILES string of the molecule is C=CCN(CC)Cc1ccoc1CNC. The van der Waals surface area contributed by atoms with Crippen LogP contribution in [0.5, 0.6) is 0 Å². The molecule has 1 aromatic heterocycles. The molecule has 0 atom stereocenters. The van der Waals surface area contributed by atoms with E-state index in [0.717, 1.165) is 31.9 Å². The highest BCUT2D eigenvalue weighted by Gasteiger charge is 2.08. The molecule has 0 radical (unpaired) electrons. The van der Waals surface area contributed by atoms with Gasteiger partial charge in [-0.15, -0.1) is 6.58 Å². The van der Waals surface area contributed by atoms with Crippen LogP contribution in [-0.2, 0) is 13.1 Å². The normalized spacial score (nSPS) is 10.9. The van der Waals surface area contributed by atoms with Crippen molar-refractivity contribution < 1.29 is 4.42 Å². The smallest absolute Gasteiger partial charge is 0.122 e. The Hall–Kier alpha value is -1.06. The molecule has 1 aromatic rings. The fraction of sp³-hybridized carbons (Fsp3) is 0.500. The molecule has 0 fully saturated rings. The molecule has 0 aliphatic carbocycles. The van der Waals surface area contributed by atoms with E-state index in [9.17, 15) is 0 Å². The summed E-state index contributed by atoms with van der Waals surface area (Å²) in [6.07, 6.45) is 3.69. The van der Waals surface area contributed by atoms with Gasteiger partial charge in [0.05, 0.1) is 12.8 Å². The van der Waals surface area contributed by atoms with Crippen LogP contribution in [0.2, 0.25) is 0 Å². The van der Waals surface area contributed by atoms with Crippen LogP contribution in [0, 0.1) is 0 Å². The van der Waals surface area contributed by atoms with E-state index in [4.69, 9.17) is 4.42 Å². The lowest BCUT2D eigenvalue weighted by atomic mass is 10.2. The average Bonchev–Trinajstić information content (AvgIpc) is 2.66. The van der Waals surface area contributed by atoms with Gasteiger partial charge in [0.2, 0.25) is 0 Å². The molecule has 0 saturated carbocycles. The number of hydrogen-bond acceptors (Lipinski definition) is 3. The summed E-state index contributed by atoms with van der Waals surface area (Å²) in [5.74, 6) is 1.03. The first-order valence-corrected chi connectivity index (χ1v) is 5.34. The lowest BCUT2D eigenvalue weighted by Gasteiger charge is -2.17. The standard InChI is InChI=1S/C12H20N2O/c1-4-7-14(5-2)10-11-6-8-15-12(11)9-13-3/h4,6,8,13H,1,5,7,9-10H2,2-3H3. The second kappa shape index (κ2) is 6.43. The molecule has 0 aromatic carbocycles. The van der Waals surface area contributed by atoms with E-state index in [-0.39, 0.29) is 0 Å². The largest absolute Gasteiger partial charge is 0.468 e. The molecule has 84 valence electrons. The van der Waals surface area contributed by atoms with Gasteiger partial charge in [-0.25, -0.2) is 0 Å². The molecule has 0 spiro atoms. The Bertz CT molecular complexity index is 294. The summed E-state index contributed by atoms with van der Waals surface area (Å²) in [6, 6.07) is 2.04. The second-order valence-electron chi connectivity index (χ2n) is 3.52. The van der Waals surface area contributed by atoms with Gasteiger partial charge in [0.15, 0.2) is 0 Å². The van der Waals surface area contributed by atoms with Gasteiger partial charge >= 0.3 is 0 Å². The van der Waals surface area contributed by atoms with Crippen LogP contribution in [0.4, 0.5) is 0 Å². The summed E-state index contributed by atoms with van der Waals surface area (Å²) < 4.78 is 5.41. The monoisotopic (exact) mass is 208 g/mol. The third kappa shape index (κ3) is 3.53. The van der Waals surface area contributed by atoms with Gasteiger partial charge in [0.25, 0.3) is 0 Å². The Balaban J connectivity index is 2.60. The molecule has 0 saturated heterocycles. The minimum atomic E-state index is 0.786. The minimum Gasteiger partial charge on any atom is -0.468 e. The van der Waals surface area contributed by atoms with E-state index in [1.165, 1.54) is 5.56 Å². The molecule has 0 unspecified atom stereocenters. The molecule has 0 amide bonds. The summed E-state index contributed by atoms with van der Waals surface area (Å²) in [7, 11) is 1.92. The predicted octanol–water partition coefficient (Wildman–Crippen LogP) is 2.01. The molecule has 1 heterocycles. The highest BCUT2D eigenvalue weighted by molar-refractivity contribution is 5.16. The average molecular weight is 208 g/mol. The van der Waals surface area contributed by atoms with Crippen LogP contribution >= 0.6 is 0 Å². The summed E-state index contributed by atoms with van der Waals surface area (Å²) >= 11 is 0. The minimum absolute atomic E-state index is 0.786. The van der Waals surface area contributed by atoms with Crippen molar-refractivity contribution in [2.45, 2.75) is 20.0 Å². The topological polar surface area (TPSA) is 28.4 Å². The van der Waals surface area contributed by atoms with Crippen molar-refractivity contribution in [1.82, 2.24) is 10.2 Å². The van der Waals surface area contributed by atoms with Gasteiger partial charge in [-0.05, 0) is 19.7 Å². The van der Waals surface area contributed by atoms with Gasteiger partial charge in [-0.3, -0.25) is 4.90 Å². The third-order valence-corrected chi connectivity index (χ3v) is 2.40. The first-order valence-electron chi connectivity index (χ1n) is 5.34. The van der Waals surface area contributed by atoms with Crippen LogP contribution in [0.15, 0.2) is 29.4 Å². The number of nitrogens with one attached hydrogen (secondary N) is 1. The molecule has 3 heteroatoms. The van der Waals surface area contributed by atoms with Crippen molar-refractivity contribution in [3.05, 3.63) is 36.3 Å². The van der Waals surface area contributed by atoms with E-state index < -0.39 is 0 Å². The number of hydrogen-bond donors (Lipinski definition) is 1. The Morgan fingerprint density at radius 3 is 3.00 bits per heavy atom. The van der Waals surface area contributed by atoms with Crippen molar-refractivity contribution in [2.75, 3.05) is 20.1 Å². The van der Waals surface area contributed by atoms with Crippen LogP contribution in [0.25, 0.3) is 0 Å². The molecular formula is C12H20N2O. The fourth-order valence-corrected chi connectivity index (χ4v) is 1.55. The first kappa shape index (κ1) is 12.0. The zero-order chi connectivity index (χ0) is 11.1. The molecule has 3 nitrogen and oxygen atoms in total. The number of likely N-dealkylation sites (N-methyl/N-ethyl adjacent to an activating group) is 1. The maximum absolute atomic E-state index is 5.41. The Morgan fingerprint density at radius 1 is 1.60 bits per heavy atom. The lowest BCUT2D eigenvalue weighted by Crippen LogP contribution is -2.23. The van der Waals surface area contributed by atoms with E-state index in [1.54, 1.807) is 6.26 Å². The van der Waals surface area contributed by atoms with Crippen LogP contribution in [-0.4, -0.2) is 25.0 Å². The molecule has 0 aliphatic rings. The Morgan fingerprint density at radius 2 is 2.40 bits per heavy atom.